The first-order chi connectivity index (χ1) is 13.1. The monoisotopic (exact) mass is 421 g/mol. The lowest BCUT2D eigenvalue weighted by Gasteiger charge is -2.23. The first-order valence-corrected chi connectivity index (χ1v) is 10.2. The highest BCUT2D eigenvalue weighted by Gasteiger charge is 2.35. The lowest BCUT2D eigenvalue weighted by Crippen LogP contribution is -2.34. The van der Waals surface area contributed by atoms with Crippen molar-refractivity contribution in [3.8, 4) is 0 Å². The molecule has 1 aliphatic carbocycles. The molecule has 1 unspecified atom stereocenters. The number of ether oxygens (including phenoxy) is 1. The molecule has 0 bridgehead atoms. The predicted molar refractivity (Wildman–Crippen MR) is 101 cm³/mol. The van der Waals surface area contributed by atoms with E-state index in [-0.39, 0.29) is 25.6 Å². The zero-order chi connectivity index (χ0) is 21.5. The highest BCUT2D eigenvalue weighted by molar-refractivity contribution is 7.93. The van der Waals surface area contributed by atoms with Gasteiger partial charge in [-0.05, 0) is 37.0 Å². The molecule has 1 atom stereocenters. The number of anilines is 1. The summed E-state index contributed by atoms with van der Waals surface area (Å²) in [6.07, 6.45) is 2.18. The molecule has 0 aromatic heterocycles. The number of allylic oxidation sites excluding steroid dienone is 1. The van der Waals surface area contributed by atoms with Crippen molar-refractivity contribution in [1.29, 1.82) is 0 Å². The van der Waals surface area contributed by atoms with Crippen LogP contribution in [0.15, 0.2) is 23.8 Å². The summed E-state index contributed by atoms with van der Waals surface area (Å²) in [5.74, 6) is -4.43. The number of benzene rings is 1. The molecule has 7 nitrogen and oxygen atoms in total. The number of nitrogens with one attached hydrogen (secondary N) is 1. The second kappa shape index (κ2) is 10.2. The molecule has 28 heavy (non-hydrogen) atoms. The number of carboxylic acids is 1. The fraction of sp³-hybridized carbons (Fsp3) is 0.444. The van der Waals surface area contributed by atoms with Gasteiger partial charge < -0.3 is 9.84 Å². The average Bonchev–Trinajstić information content (AvgIpc) is 2.64. The van der Waals surface area contributed by atoms with Crippen molar-refractivity contribution in [3.05, 3.63) is 41.0 Å². The number of sulfonamides is 1. The van der Waals surface area contributed by atoms with Crippen molar-refractivity contribution in [2.75, 3.05) is 4.72 Å². The molecule has 1 aromatic rings. The van der Waals surface area contributed by atoms with E-state index in [1.165, 1.54) is 6.08 Å². The van der Waals surface area contributed by atoms with Crippen LogP contribution in [0.3, 0.4) is 0 Å². The van der Waals surface area contributed by atoms with Gasteiger partial charge in [0, 0.05) is 8.35 Å². The van der Waals surface area contributed by atoms with Crippen LogP contribution in [0.25, 0.3) is 0 Å². The third-order valence-corrected chi connectivity index (χ3v) is 5.52. The Morgan fingerprint density at radius 1 is 1.29 bits per heavy atom. The molecule has 0 saturated heterocycles. The summed E-state index contributed by atoms with van der Waals surface area (Å²) in [5, 5.41) is 7.73. The summed E-state index contributed by atoms with van der Waals surface area (Å²) in [6.45, 7) is 4.76. The van der Waals surface area contributed by atoms with Gasteiger partial charge in [-0.15, -0.1) is 0 Å². The van der Waals surface area contributed by atoms with Gasteiger partial charge in [-0.2, -0.15) is 0 Å². The van der Waals surface area contributed by atoms with Gasteiger partial charge in [-0.3, -0.25) is 9.52 Å². The highest BCUT2D eigenvalue weighted by Crippen LogP contribution is 2.29. The van der Waals surface area contributed by atoms with E-state index in [9.17, 15) is 26.8 Å². The van der Waals surface area contributed by atoms with E-state index in [1.807, 2.05) is 18.6 Å². The molecule has 2 rings (SSSR count). The van der Waals surface area contributed by atoms with E-state index < -0.39 is 44.5 Å². The van der Waals surface area contributed by atoms with Gasteiger partial charge in [-0.1, -0.05) is 19.9 Å². The van der Waals surface area contributed by atoms with E-state index in [0.29, 0.717) is 12.8 Å². The van der Waals surface area contributed by atoms with Gasteiger partial charge in [0.1, 0.15) is 17.5 Å². The standard InChI is InChI=1S/C16H17F2NO6S.C2H6.H2/c1-9(20)25-8-10-6-12(17)15(13(18)7-10)19-26(23,24)14-5-3-2-4-11(14)16(21)22;1-2;/h4,6-7,14,19H,2-3,5,8H2,1H3,(H,21,22);1-2H3;1H. The van der Waals surface area contributed by atoms with Gasteiger partial charge in [0.2, 0.25) is 10.0 Å². The van der Waals surface area contributed by atoms with Gasteiger partial charge in [0.25, 0.3) is 0 Å². The first-order valence-electron chi connectivity index (χ1n) is 8.68. The fourth-order valence-electron chi connectivity index (χ4n) is 2.60. The first kappa shape index (κ1) is 23.5. The van der Waals surface area contributed by atoms with Crippen LogP contribution in [-0.2, 0) is 31.0 Å². The molecule has 0 amide bonds. The van der Waals surface area contributed by atoms with E-state index in [0.717, 1.165) is 19.1 Å². The molecule has 2 N–H and O–H groups in total. The summed E-state index contributed by atoms with van der Waals surface area (Å²) in [4.78, 5) is 22.0. The molecule has 158 valence electrons. The van der Waals surface area contributed by atoms with Crippen LogP contribution >= 0.6 is 0 Å². The van der Waals surface area contributed by atoms with Crippen molar-refractivity contribution in [2.45, 2.75) is 51.9 Å². The third-order valence-electron chi connectivity index (χ3n) is 3.79. The summed E-state index contributed by atoms with van der Waals surface area (Å²) in [6, 6.07) is 1.66. The Bertz CT molecular complexity index is 850. The van der Waals surface area contributed by atoms with E-state index >= 15 is 0 Å². The van der Waals surface area contributed by atoms with Crippen molar-refractivity contribution < 1.29 is 38.1 Å². The Morgan fingerprint density at radius 2 is 1.86 bits per heavy atom. The van der Waals surface area contributed by atoms with Crippen molar-refractivity contribution >= 4 is 27.6 Å². The maximum Gasteiger partial charge on any atom is 0.332 e. The largest absolute Gasteiger partial charge is 0.478 e. The molecular formula is C18H25F2NO6S. The summed E-state index contributed by atoms with van der Waals surface area (Å²) in [5.41, 5.74) is -1.23. The van der Waals surface area contributed by atoms with E-state index in [2.05, 4.69) is 4.74 Å². The summed E-state index contributed by atoms with van der Waals surface area (Å²) in [7, 11) is -4.38. The molecule has 0 fully saturated rings. The predicted octanol–water partition coefficient (Wildman–Crippen LogP) is 3.61. The van der Waals surface area contributed by atoms with Crippen LogP contribution < -0.4 is 4.72 Å². The Morgan fingerprint density at radius 3 is 2.36 bits per heavy atom. The molecule has 0 radical (unpaired) electrons. The Labute approximate surface area is 163 Å². The maximum atomic E-state index is 14.2. The van der Waals surface area contributed by atoms with Gasteiger partial charge >= 0.3 is 11.9 Å². The molecule has 10 heteroatoms. The number of carboxylic acid groups (broad SMARTS) is 1. The van der Waals surface area contributed by atoms with Crippen LogP contribution in [0.5, 0.6) is 0 Å². The number of halogens is 2. The Hall–Kier alpha value is -2.49. The molecule has 0 spiro atoms. The second-order valence-electron chi connectivity index (χ2n) is 5.75. The normalized spacial score (nSPS) is 16.3. The van der Waals surface area contributed by atoms with Crippen LogP contribution in [0.2, 0.25) is 0 Å². The zero-order valence-corrected chi connectivity index (χ0v) is 16.6. The van der Waals surface area contributed by atoms with Crippen LogP contribution in [-0.4, -0.2) is 30.7 Å². The molecular weight excluding hydrogens is 396 g/mol. The van der Waals surface area contributed by atoms with E-state index in [1.54, 1.807) is 0 Å². The SMILES string of the molecule is CC.CC(=O)OCc1cc(F)c(NS(=O)(=O)C2CCCC=C2C(=O)O)c(F)c1.[HH]. The Kier molecular flexibility index (Phi) is 8.55. The number of carbonyl (C=O) groups excluding carboxylic acids is 1. The Balaban J connectivity index is 0.00000253. The second-order valence-corrected chi connectivity index (χ2v) is 7.61. The minimum absolute atomic E-state index is 0. The van der Waals surface area contributed by atoms with Gasteiger partial charge in [-0.25, -0.2) is 22.0 Å². The summed E-state index contributed by atoms with van der Waals surface area (Å²) < 4.78 is 59.7. The molecule has 1 aliphatic rings. The van der Waals surface area contributed by atoms with Crippen molar-refractivity contribution in [3.63, 3.8) is 0 Å². The number of hydrogen-bond acceptors (Lipinski definition) is 5. The minimum Gasteiger partial charge on any atom is -0.478 e. The molecule has 0 saturated carbocycles. The van der Waals surface area contributed by atoms with Gasteiger partial charge in [0.15, 0.2) is 11.6 Å². The fourth-order valence-corrected chi connectivity index (χ4v) is 4.23. The van der Waals surface area contributed by atoms with Gasteiger partial charge in [0.05, 0.1) is 5.57 Å². The van der Waals surface area contributed by atoms with E-state index in [4.69, 9.17) is 5.11 Å². The van der Waals surface area contributed by atoms with Crippen LogP contribution in [0.4, 0.5) is 14.5 Å². The molecule has 1 aromatic carbocycles. The number of aliphatic carboxylic acids is 1. The smallest absolute Gasteiger partial charge is 0.332 e. The zero-order valence-electron chi connectivity index (χ0n) is 15.8. The lowest BCUT2D eigenvalue weighted by atomic mass is 9.99. The highest BCUT2D eigenvalue weighted by atomic mass is 32.2. The van der Waals surface area contributed by atoms with Crippen molar-refractivity contribution in [2.24, 2.45) is 0 Å². The third kappa shape index (κ3) is 6.01. The maximum absolute atomic E-state index is 14.2. The lowest BCUT2D eigenvalue weighted by molar-refractivity contribution is -0.142. The number of esters is 1. The summed E-state index contributed by atoms with van der Waals surface area (Å²) >= 11 is 0. The van der Waals surface area contributed by atoms with Crippen LogP contribution in [0, 0.1) is 11.6 Å². The van der Waals surface area contributed by atoms with Crippen molar-refractivity contribution in [1.82, 2.24) is 0 Å². The minimum atomic E-state index is -4.38. The topological polar surface area (TPSA) is 110 Å². The number of carbonyl (C=O) groups is 2. The quantitative estimate of drug-likeness (QED) is 0.679. The molecule has 0 heterocycles. The number of hydrogen-bond donors (Lipinski definition) is 2. The molecule has 0 aliphatic heterocycles. The van der Waals surface area contributed by atoms with Crippen LogP contribution in [0.1, 0.15) is 47.0 Å². The number of rotatable bonds is 6. The average molecular weight is 421 g/mol.